The fourth-order valence-corrected chi connectivity index (χ4v) is 2.10. The Labute approximate surface area is 120 Å². The molecule has 19 heavy (non-hydrogen) atoms. The minimum absolute atomic E-state index is 0.159. The second-order valence-corrected chi connectivity index (χ2v) is 4.88. The molecule has 1 heterocycles. The Morgan fingerprint density at radius 3 is 2.58 bits per heavy atom. The van der Waals surface area contributed by atoms with E-state index in [1.807, 2.05) is 6.92 Å². The van der Waals surface area contributed by atoms with Gasteiger partial charge < -0.3 is 10.6 Å². The Hall–Kier alpha value is -1.72. The van der Waals surface area contributed by atoms with E-state index in [4.69, 9.17) is 23.2 Å². The number of amides is 2. The molecular formula is C12H12Cl2N4O. The molecule has 0 bridgehead atoms. The minimum atomic E-state index is -0.341. The van der Waals surface area contributed by atoms with Crippen LogP contribution in [0.4, 0.5) is 10.5 Å². The van der Waals surface area contributed by atoms with Gasteiger partial charge in [0.25, 0.3) is 0 Å². The highest BCUT2D eigenvalue weighted by Gasteiger charge is 2.10. The average Bonchev–Trinajstić information content (AvgIpc) is 2.80. The largest absolute Gasteiger partial charge is 0.331 e. The molecule has 0 aliphatic rings. The highest BCUT2D eigenvalue weighted by atomic mass is 35.5. The van der Waals surface area contributed by atoms with Gasteiger partial charge in [-0.15, -0.1) is 0 Å². The van der Waals surface area contributed by atoms with Crippen LogP contribution >= 0.6 is 23.2 Å². The van der Waals surface area contributed by atoms with E-state index in [1.54, 1.807) is 30.6 Å². The van der Waals surface area contributed by atoms with Crippen LogP contribution in [0.2, 0.25) is 10.0 Å². The SMILES string of the molecule is CC(NC(=O)Nc1cc(Cl)cc(Cl)c1)c1cn[nH]c1. The van der Waals surface area contributed by atoms with Crippen molar-refractivity contribution in [1.29, 1.82) is 0 Å². The number of aromatic amines is 1. The number of nitrogens with one attached hydrogen (secondary N) is 3. The molecule has 2 aromatic rings. The summed E-state index contributed by atoms with van der Waals surface area (Å²) in [4.78, 5) is 11.8. The smallest absolute Gasteiger partial charge is 0.319 e. The van der Waals surface area contributed by atoms with Crippen LogP contribution in [0.1, 0.15) is 18.5 Å². The quantitative estimate of drug-likeness (QED) is 0.810. The van der Waals surface area contributed by atoms with Crippen molar-refractivity contribution in [3.63, 3.8) is 0 Å². The lowest BCUT2D eigenvalue weighted by atomic mass is 10.2. The molecule has 7 heteroatoms. The Morgan fingerprint density at radius 2 is 2.00 bits per heavy atom. The fraction of sp³-hybridized carbons (Fsp3) is 0.167. The van der Waals surface area contributed by atoms with Crippen LogP contribution in [-0.2, 0) is 0 Å². The van der Waals surface area contributed by atoms with Gasteiger partial charge in [-0.05, 0) is 25.1 Å². The van der Waals surface area contributed by atoms with Crippen LogP contribution in [0.15, 0.2) is 30.6 Å². The van der Waals surface area contributed by atoms with Crippen LogP contribution in [0.3, 0.4) is 0 Å². The standard InChI is InChI=1S/C12H12Cl2N4O/c1-7(8-5-15-16-6-8)17-12(19)18-11-3-9(13)2-10(14)4-11/h2-7H,1H3,(H,15,16)(H2,17,18,19). The molecule has 2 rings (SSSR count). The van der Waals surface area contributed by atoms with Gasteiger partial charge >= 0.3 is 6.03 Å². The van der Waals surface area contributed by atoms with Gasteiger partial charge in [-0.1, -0.05) is 23.2 Å². The summed E-state index contributed by atoms with van der Waals surface area (Å²) in [6.45, 7) is 1.86. The van der Waals surface area contributed by atoms with Gasteiger partial charge in [0.2, 0.25) is 0 Å². The van der Waals surface area contributed by atoms with E-state index in [9.17, 15) is 4.79 Å². The number of hydrogen-bond donors (Lipinski definition) is 3. The number of hydrogen-bond acceptors (Lipinski definition) is 2. The second-order valence-electron chi connectivity index (χ2n) is 4.01. The van der Waals surface area contributed by atoms with Crippen LogP contribution in [0.5, 0.6) is 0 Å². The van der Waals surface area contributed by atoms with E-state index >= 15 is 0 Å². The van der Waals surface area contributed by atoms with Crippen molar-refractivity contribution in [2.24, 2.45) is 0 Å². The first-order chi connectivity index (χ1) is 9.04. The van der Waals surface area contributed by atoms with Crippen molar-refractivity contribution in [2.75, 3.05) is 5.32 Å². The molecule has 0 saturated carbocycles. The number of carbonyl (C=O) groups excluding carboxylic acids is 1. The molecule has 1 aromatic heterocycles. The summed E-state index contributed by atoms with van der Waals surface area (Å²) >= 11 is 11.7. The summed E-state index contributed by atoms with van der Waals surface area (Å²) < 4.78 is 0. The molecule has 1 unspecified atom stereocenters. The Kier molecular flexibility index (Phi) is 4.29. The van der Waals surface area contributed by atoms with E-state index in [0.717, 1.165) is 5.56 Å². The molecule has 0 aliphatic carbocycles. The van der Waals surface area contributed by atoms with Gasteiger partial charge in [0.05, 0.1) is 12.2 Å². The fourth-order valence-electron chi connectivity index (χ4n) is 1.57. The predicted molar refractivity (Wildman–Crippen MR) is 75.6 cm³/mol. The third-order valence-corrected chi connectivity index (χ3v) is 2.92. The number of nitrogens with zero attached hydrogens (tertiary/aromatic N) is 1. The lowest BCUT2D eigenvalue weighted by molar-refractivity contribution is 0.249. The second kappa shape index (κ2) is 5.95. The van der Waals surface area contributed by atoms with E-state index in [-0.39, 0.29) is 12.1 Å². The van der Waals surface area contributed by atoms with Crippen LogP contribution in [0, 0.1) is 0 Å². The molecule has 0 saturated heterocycles. The van der Waals surface area contributed by atoms with E-state index in [0.29, 0.717) is 15.7 Å². The van der Waals surface area contributed by atoms with Crippen molar-refractivity contribution in [3.8, 4) is 0 Å². The van der Waals surface area contributed by atoms with E-state index in [2.05, 4.69) is 20.8 Å². The van der Waals surface area contributed by atoms with Gasteiger partial charge in [-0.25, -0.2) is 4.79 Å². The van der Waals surface area contributed by atoms with E-state index < -0.39 is 0 Å². The number of benzene rings is 1. The van der Waals surface area contributed by atoms with Crippen LogP contribution in [-0.4, -0.2) is 16.2 Å². The first-order valence-electron chi connectivity index (χ1n) is 5.57. The summed E-state index contributed by atoms with van der Waals surface area (Å²) in [6.07, 6.45) is 3.38. The third kappa shape index (κ3) is 3.87. The molecule has 1 aromatic carbocycles. The maximum atomic E-state index is 11.8. The molecule has 0 aliphatic heterocycles. The highest BCUT2D eigenvalue weighted by molar-refractivity contribution is 6.35. The number of halogens is 2. The van der Waals surface area contributed by atoms with Crippen molar-refractivity contribution in [3.05, 3.63) is 46.2 Å². The van der Waals surface area contributed by atoms with Crippen molar-refractivity contribution in [2.45, 2.75) is 13.0 Å². The summed E-state index contributed by atoms with van der Waals surface area (Å²) in [5, 5.41) is 12.9. The lowest BCUT2D eigenvalue weighted by Crippen LogP contribution is -2.30. The van der Waals surface area contributed by atoms with E-state index in [1.165, 1.54) is 0 Å². The first kappa shape index (κ1) is 13.7. The summed E-state index contributed by atoms with van der Waals surface area (Å²) in [5.41, 5.74) is 1.42. The van der Waals surface area contributed by atoms with Crippen molar-refractivity contribution >= 4 is 34.9 Å². The Bertz CT molecular complexity index is 551. The number of carbonyl (C=O) groups is 1. The number of anilines is 1. The normalized spacial score (nSPS) is 11.9. The Morgan fingerprint density at radius 1 is 1.32 bits per heavy atom. The number of urea groups is 1. The summed E-state index contributed by atoms with van der Waals surface area (Å²) in [7, 11) is 0. The third-order valence-electron chi connectivity index (χ3n) is 2.49. The first-order valence-corrected chi connectivity index (χ1v) is 6.32. The zero-order chi connectivity index (χ0) is 13.8. The monoisotopic (exact) mass is 298 g/mol. The summed E-state index contributed by atoms with van der Waals surface area (Å²) in [5.74, 6) is 0. The van der Waals surface area contributed by atoms with Crippen LogP contribution in [0.25, 0.3) is 0 Å². The topological polar surface area (TPSA) is 69.8 Å². The molecular weight excluding hydrogens is 287 g/mol. The molecule has 3 N–H and O–H groups in total. The Balaban J connectivity index is 1.97. The maximum Gasteiger partial charge on any atom is 0.319 e. The molecule has 0 spiro atoms. The molecule has 5 nitrogen and oxygen atoms in total. The van der Waals surface area contributed by atoms with Gasteiger partial charge in [-0.2, -0.15) is 5.10 Å². The molecule has 0 fully saturated rings. The van der Waals surface area contributed by atoms with Crippen molar-refractivity contribution < 1.29 is 4.79 Å². The van der Waals surface area contributed by atoms with Crippen molar-refractivity contribution in [1.82, 2.24) is 15.5 Å². The molecule has 0 radical (unpaired) electrons. The zero-order valence-corrected chi connectivity index (χ0v) is 11.6. The lowest BCUT2D eigenvalue weighted by Gasteiger charge is -2.13. The zero-order valence-electron chi connectivity index (χ0n) is 10.1. The number of rotatable bonds is 3. The number of aromatic nitrogens is 2. The van der Waals surface area contributed by atoms with Gasteiger partial charge in [-0.3, -0.25) is 5.10 Å². The van der Waals surface area contributed by atoms with Gasteiger partial charge in [0.15, 0.2) is 0 Å². The number of H-pyrrole nitrogens is 1. The molecule has 100 valence electrons. The maximum absolute atomic E-state index is 11.8. The summed E-state index contributed by atoms with van der Waals surface area (Å²) in [6, 6.07) is 4.34. The van der Waals surface area contributed by atoms with Crippen LogP contribution < -0.4 is 10.6 Å². The predicted octanol–water partition coefficient (Wildman–Crippen LogP) is 3.60. The molecule has 1 atom stereocenters. The minimum Gasteiger partial charge on any atom is -0.331 e. The van der Waals surface area contributed by atoms with Gasteiger partial charge in [0.1, 0.15) is 0 Å². The highest BCUT2D eigenvalue weighted by Crippen LogP contribution is 2.22. The average molecular weight is 299 g/mol. The molecule has 2 amide bonds. The van der Waals surface area contributed by atoms with Gasteiger partial charge in [0, 0.05) is 27.5 Å².